The summed E-state index contributed by atoms with van der Waals surface area (Å²) in [4.78, 5) is 269. The van der Waals surface area contributed by atoms with Crippen LogP contribution in [0, 0.1) is 28.6 Å². The van der Waals surface area contributed by atoms with Crippen LogP contribution in [0.3, 0.4) is 0 Å². The van der Waals surface area contributed by atoms with Crippen LogP contribution >= 0.6 is 11.8 Å². The van der Waals surface area contributed by atoms with Gasteiger partial charge in [-0.2, -0.15) is 0 Å². The first kappa shape index (κ1) is 116. The number of nitrogens with two attached hydrogens (primary N) is 4. The highest BCUT2D eigenvalue weighted by Gasteiger charge is 2.42. The number of likely N-dealkylation sites (N-methyl/N-ethyl adjacent to an activating group) is 2. The number of rotatable bonds is 30. The number of nitrogens with one attached hydrogen (secondary N) is 18. The molecule has 0 radical (unpaired) electrons. The number of nitrogens with zero attached hydrogens (tertiary/aromatic N) is 2. The van der Waals surface area contributed by atoms with Crippen molar-refractivity contribution in [3.8, 4) is 16.9 Å². The molecule has 0 bridgehead atoms. The van der Waals surface area contributed by atoms with E-state index in [1.54, 1.807) is 113 Å². The van der Waals surface area contributed by atoms with Crippen LogP contribution in [-0.4, -0.2) is 285 Å². The van der Waals surface area contributed by atoms with Crippen LogP contribution in [-0.2, 0) is 114 Å². The van der Waals surface area contributed by atoms with Crippen LogP contribution in [0.1, 0.15) is 125 Å². The minimum Gasteiger partial charge on any atom is -0.508 e. The maximum absolute atomic E-state index is 15.7. The highest BCUT2D eigenvalue weighted by Crippen LogP contribution is 2.25. The Bertz CT molecular complexity index is 5800. The number of carbonyl (C=O) groups is 18. The summed E-state index contributed by atoms with van der Waals surface area (Å²) in [6, 6.07) is 18.6. The van der Waals surface area contributed by atoms with Crippen molar-refractivity contribution in [2.24, 2.45) is 40.7 Å². The molecule has 8 rings (SSSR count). The Labute approximate surface area is 854 Å². The van der Waals surface area contributed by atoms with Crippen molar-refractivity contribution in [1.82, 2.24) is 94.5 Å². The van der Waals surface area contributed by atoms with Gasteiger partial charge in [0.25, 0.3) is 0 Å². The number of thioether (sulfide) groups is 1. The average Bonchev–Trinajstić information content (AvgIpc) is 1.69. The number of aromatic hydroxyl groups is 1. The fraction of sp³-hybridized carbons (Fsp3) is 0.426. The van der Waals surface area contributed by atoms with Gasteiger partial charge in [-0.1, -0.05) is 169 Å². The molecule has 1 aliphatic heterocycles. The SMILES string of the molecule is CC(C)C[C@@H]1NC(=O)[C@H](CCCNC(=N)N)NC(=O)[C@H](Cc2ccccc2)N(C)C(=O)[C@H](C)N(C)C(=O)[C@H](CCCNC(=N)N)NC(=O)[C@H](Cc2ccc(-c3ccccc3)cc2)NC(=O)[C@H](C(C)C)NC(=O)[C@H](Cc2c[nH]c3ccccc23)NC(=O)[C@H](CC(=O)O)NC(=O)[C@H](Cc2ccc(O)cc2)NC(=O)[C@H](Cc2ccc(C(N)=O)cc2)NC(=O)CSC[C@@H](C(=O)NCC(N)=O)NC(=O)[C@H](CO)NC(=O)[C@H](C(C)C)NC1=O. The van der Waals surface area contributed by atoms with E-state index < -0.39 is 265 Å². The quantitative estimate of drug-likeness (QED) is 0.0136. The molecule has 1 aromatic heterocycles. The number of carboxylic acid groups (broad SMARTS) is 1. The lowest BCUT2D eigenvalue weighted by Crippen LogP contribution is -2.62. The molecule has 0 aliphatic carbocycles. The average molecular weight is 2050 g/mol. The number of benzene rings is 6. The summed E-state index contributed by atoms with van der Waals surface area (Å²) in [6.45, 7) is 8.96. The number of amides is 17. The van der Waals surface area contributed by atoms with Crippen molar-refractivity contribution in [3.63, 3.8) is 0 Å². The van der Waals surface area contributed by atoms with Crippen molar-refractivity contribution in [3.05, 3.63) is 197 Å². The van der Waals surface area contributed by atoms with Crippen LogP contribution in [0.15, 0.2) is 164 Å². The fourth-order valence-corrected chi connectivity index (χ4v) is 17.0. The molecular formula is C101H134N24O21S. The van der Waals surface area contributed by atoms with Crippen LogP contribution < -0.4 is 103 Å². The number of hydrogen-bond donors (Lipinski definition) is 25. The smallest absolute Gasteiger partial charge is 0.305 e. The highest BCUT2D eigenvalue weighted by molar-refractivity contribution is 8.00. The summed E-state index contributed by atoms with van der Waals surface area (Å²) in [5.74, 6) is -23.6. The zero-order valence-electron chi connectivity index (χ0n) is 83.2. The number of carboxylic acids is 1. The molecule has 790 valence electrons. The first-order valence-corrected chi connectivity index (χ1v) is 49.1. The number of H-pyrrole nitrogens is 1. The molecule has 1 fully saturated rings. The second kappa shape index (κ2) is 56.9. The van der Waals surface area contributed by atoms with Gasteiger partial charge in [0.15, 0.2) is 11.9 Å². The Hall–Kier alpha value is -16.0. The number of fused-ring (bicyclic) bond motifs is 1. The van der Waals surface area contributed by atoms with E-state index in [-0.39, 0.29) is 86.4 Å². The van der Waals surface area contributed by atoms with Gasteiger partial charge >= 0.3 is 5.97 Å². The fourth-order valence-electron chi connectivity index (χ4n) is 16.1. The van der Waals surface area contributed by atoms with Gasteiger partial charge in [-0.3, -0.25) is 97.1 Å². The molecule has 14 atom stereocenters. The molecule has 45 nitrogen and oxygen atoms in total. The number of para-hydroxylation sites is 1. The first-order chi connectivity index (χ1) is 69.8. The molecule has 6 aromatic carbocycles. The zero-order chi connectivity index (χ0) is 108. The third kappa shape index (κ3) is 36.7. The summed E-state index contributed by atoms with van der Waals surface area (Å²) in [5.41, 5.74) is 26.4. The second-order valence-corrected chi connectivity index (χ2v) is 38.0. The number of carbonyl (C=O) groups excluding carboxylic acids is 17. The van der Waals surface area contributed by atoms with Gasteiger partial charge in [0.05, 0.1) is 25.3 Å². The van der Waals surface area contributed by atoms with Gasteiger partial charge in [0.1, 0.15) is 90.3 Å². The molecule has 0 saturated carbocycles. The lowest BCUT2D eigenvalue weighted by Gasteiger charge is -2.35. The topological polar surface area (TPSA) is 722 Å². The monoisotopic (exact) mass is 2050 g/mol. The van der Waals surface area contributed by atoms with E-state index in [1.807, 2.05) is 30.3 Å². The van der Waals surface area contributed by atoms with Gasteiger partial charge in [0.2, 0.25) is 100 Å². The lowest BCUT2D eigenvalue weighted by atomic mass is 9.98. The number of primary amides is 2. The number of guanidine groups is 2. The van der Waals surface area contributed by atoms with Crippen molar-refractivity contribution in [2.75, 3.05) is 51.8 Å². The Morgan fingerprint density at radius 1 is 0.449 bits per heavy atom. The normalized spacial score (nSPS) is 22.1. The Morgan fingerprint density at radius 3 is 1.40 bits per heavy atom. The number of aromatic amines is 1. The minimum absolute atomic E-state index is 0.0161. The number of aliphatic carboxylic acids is 1. The molecule has 147 heavy (non-hydrogen) atoms. The van der Waals surface area contributed by atoms with E-state index in [0.717, 1.165) is 20.9 Å². The molecule has 17 amide bonds. The number of hydrogen-bond acceptors (Lipinski definition) is 23. The molecule has 46 heteroatoms. The summed E-state index contributed by atoms with van der Waals surface area (Å²) >= 11 is 0.659. The number of aromatic nitrogens is 1. The third-order valence-corrected chi connectivity index (χ3v) is 25.4. The molecule has 1 saturated heterocycles. The Kier molecular flexibility index (Phi) is 45.0. The Balaban J connectivity index is 1.25. The molecule has 1 aliphatic rings. The van der Waals surface area contributed by atoms with Crippen molar-refractivity contribution >= 4 is 141 Å². The van der Waals surface area contributed by atoms with E-state index in [9.17, 15) is 53.7 Å². The molecule has 7 aromatic rings. The van der Waals surface area contributed by atoms with Crippen LogP contribution in [0.2, 0.25) is 0 Å². The summed E-state index contributed by atoms with van der Waals surface area (Å²) in [5, 5.41) is 87.1. The van der Waals surface area contributed by atoms with Gasteiger partial charge in [0, 0.05) is 87.7 Å². The van der Waals surface area contributed by atoms with Gasteiger partial charge < -0.3 is 133 Å². The van der Waals surface area contributed by atoms with E-state index in [2.05, 4.69) is 84.7 Å². The van der Waals surface area contributed by atoms with Crippen molar-refractivity contribution in [2.45, 2.75) is 204 Å². The summed E-state index contributed by atoms with van der Waals surface area (Å²) < 4.78 is 0. The molecule has 0 unspecified atom stereocenters. The number of phenols is 1. The molecule has 29 N–H and O–H groups in total. The molecule has 0 spiro atoms. The van der Waals surface area contributed by atoms with Crippen molar-refractivity contribution in [1.29, 1.82) is 10.8 Å². The predicted octanol–water partition coefficient (Wildman–Crippen LogP) is -1.66. The lowest BCUT2D eigenvalue weighted by molar-refractivity contribution is -0.148. The predicted molar refractivity (Wildman–Crippen MR) is 546 cm³/mol. The number of aliphatic hydroxyl groups is 1. The maximum atomic E-state index is 15.7. The largest absolute Gasteiger partial charge is 0.508 e. The van der Waals surface area contributed by atoms with E-state index in [1.165, 1.54) is 83.4 Å². The van der Waals surface area contributed by atoms with Gasteiger partial charge in [-0.05, 0) is 126 Å². The van der Waals surface area contributed by atoms with E-state index in [0.29, 0.717) is 39.4 Å². The van der Waals surface area contributed by atoms with Crippen LogP contribution in [0.25, 0.3) is 22.0 Å². The number of phenolic OH excluding ortho intramolecular Hbond substituents is 1. The second-order valence-electron chi connectivity index (χ2n) is 37.0. The highest BCUT2D eigenvalue weighted by atomic mass is 32.2. The Morgan fingerprint density at radius 2 is 0.878 bits per heavy atom. The van der Waals surface area contributed by atoms with Crippen LogP contribution in [0.5, 0.6) is 5.75 Å². The van der Waals surface area contributed by atoms with Gasteiger partial charge in [-0.25, -0.2) is 0 Å². The van der Waals surface area contributed by atoms with Crippen LogP contribution in [0.4, 0.5) is 0 Å². The minimum atomic E-state index is -2.13. The maximum Gasteiger partial charge on any atom is 0.305 e. The summed E-state index contributed by atoms with van der Waals surface area (Å²) in [6.07, 6.45) is -1.99. The number of aliphatic hydroxyl groups excluding tert-OH is 1. The molecule has 2 heterocycles. The first-order valence-electron chi connectivity index (χ1n) is 48.0. The van der Waals surface area contributed by atoms with E-state index in [4.69, 9.17) is 33.8 Å². The third-order valence-electron chi connectivity index (χ3n) is 24.3. The van der Waals surface area contributed by atoms with E-state index >= 15 is 47.9 Å². The standard InChI is InChI=1S/C101H134N24O21S/c1-54(2)42-71-92(139)122-84(56(5)6)97(144)120-77(51-126)94(141)121-78(86(133)111-50-80(102)128)52-147-53-81(129)112-72(43-60-30-36-64(37-31-60)85(103)132)88(135)116-73(45-61-32-38-66(127)39-33-61)90(137)118-76(48-82(130)131)91(138)117-75(47-65-49-110-68-25-17-16-24-67(65)68)93(140)123-83(55(3)4)96(143)119-74(44-59-28-34-63(35-29-59)62-22-14-11-15-23-62)89(136)114-70(27-19-41-109-101(106)107)99(146)124(8)57(7)98(145)125(9)79(46-58-20-12-10-13-21-58)95(142)113-69(87(134)115-71)26-18-40-108-100(104)105/h10-17,20-25,28-39,49,54-57,69-79,83-84,110,126-127H,18-19,26-27,40-48,50-53H2,1-9H3,(H2,102,128)(H2,103,132)(H,111,133)(H,112,129)(H,113,142)(H,114,136)(H,115,134)(H,116,135)(H,117,138)(H,118,137)(H,119,143)(H,120,144)(H,121,141)(H,122,139)(H,123,140)(H,130,131)(H4,104,105,108)(H4,106,107,109)/t57-,69-,70-,71-,72-,73-,74-,75-,76-,77-,78-,79-,83-,84-/m0/s1. The zero-order valence-corrected chi connectivity index (χ0v) is 84.0. The summed E-state index contributed by atoms with van der Waals surface area (Å²) in [7, 11) is 2.57. The molecular weight excluding hydrogens is 1920 g/mol. The van der Waals surface area contributed by atoms with Crippen molar-refractivity contribution < 1.29 is 102 Å². The van der Waals surface area contributed by atoms with Gasteiger partial charge in [-0.15, -0.1) is 11.8 Å².